The van der Waals surface area contributed by atoms with Gasteiger partial charge in [0.2, 0.25) is 11.8 Å². The van der Waals surface area contributed by atoms with Gasteiger partial charge in [-0.2, -0.15) is 0 Å². The Morgan fingerprint density at radius 3 is 2.61 bits per heavy atom. The largest absolute Gasteiger partial charge is 0.573 e. The molecule has 1 N–H and O–H groups in total. The van der Waals surface area contributed by atoms with Crippen molar-refractivity contribution >= 4 is 23.2 Å². The summed E-state index contributed by atoms with van der Waals surface area (Å²) >= 11 is 0. The van der Waals surface area contributed by atoms with E-state index in [2.05, 4.69) is 10.1 Å². The summed E-state index contributed by atoms with van der Waals surface area (Å²) in [6.45, 7) is 1.63. The van der Waals surface area contributed by atoms with Gasteiger partial charge >= 0.3 is 6.36 Å². The van der Waals surface area contributed by atoms with Crippen LogP contribution >= 0.6 is 0 Å². The molecule has 0 spiro atoms. The molecule has 1 aliphatic rings. The molecule has 0 aliphatic carbocycles. The zero-order valence-electron chi connectivity index (χ0n) is 14.7. The first-order chi connectivity index (χ1) is 13.1. The highest BCUT2D eigenvalue weighted by Crippen LogP contribution is 2.32. The number of carbonyl (C=O) groups excluding carboxylic acids is 2. The number of halogens is 4. The third-order valence-corrected chi connectivity index (χ3v) is 4.26. The van der Waals surface area contributed by atoms with Crippen LogP contribution in [0.5, 0.6) is 5.75 Å². The van der Waals surface area contributed by atoms with Crippen LogP contribution in [-0.4, -0.2) is 24.7 Å². The molecule has 0 aromatic heterocycles. The summed E-state index contributed by atoms with van der Waals surface area (Å²) in [6, 6.07) is 9.47. The van der Waals surface area contributed by atoms with Gasteiger partial charge in [0.05, 0.1) is 17.3 Å². The van der Waals surface area contributed by atoms with E-state index in [0.717, 1.165) is 11.0 Å². The van der Waals surface area contributed by atoms with Gasteiger partial charge < -0.3 is 15.0 Å². The first-order valence-electron chi connectivity index (χ1n) is 8.36. The normalized spacial score (nSPS) is 17.0. The molecular formula is C19H16F4N2O3. The number of hydrogen-bond acceptors (Lipinski definition) is 3. The van der Waals surface area contributed by atoms with E-state index in [0.29, 0.717) is 5.56 Å². The third kappa shape index (κ3) is 4.41. The zero-order chi connectivity index (χ0) is 20.5. The second-order valence-electron chi connectivity index (χ2n) is 6.39. The van der Waals surface area contributed by atoms with E-state index in [1.165, 1.54) is 30.3 Å². The van der Waals surface area contributed by atoms with Crippen LogP contribution in [0, 0.1) is 18.7 Å². The molecule has 1 heterocycles. The first kappa shape index (κ1) is 19.7. The van der Waals surface area contributed by atoms with Gasteiger partial charge in [0, 0.05) is 13.0 Å². The maximum Gasteiger partial charge on any atom is 0.573 e. The van der Waals surface area contributed by atoms with Gasteiger partial charge in [-0.15, -0.1) is 13.2 Å². The summed E-state index contributed by atoms with van der Waals surface area (Å²) in [5.74, 6) is -3.08. The molecule has 1 unspecified atom stereocenters. The van der Waals surface area contributed by atoms with Crippen molar-refractivity contribution in [1.82, 2.24) is 0 Å². The highest BCUT2D eigenvalue weighted by Gasteiger charge is 2.37. The van der Waals surface area contributed by atoms with Gasteiger partial charge in [0.15, 0.2) is 5.75 Å². The minimum Gasteiger partial charge on any atom is -0.404 e. The summed E-state index contributed by atoms with van der Waals surface area (Å²) in [7, 11) is 0. The second-order valence-corrected chi connectivity index (χ2v) is 6.39. The Morgan fingerprint density at radius 2 is 1.93 bits per heavy atom. The smallest absolute Gasteiger partial charge is 0.404 e. The molecule has 1 aliphatic heterocycles. The minimum absolute atomic E-state index is 0.0618. The number of carbonyl (C=O) groups is 2. The van der Waals surface area contributed by atoms with Crippen molar-refractivity contribution in [1.29, 1.82) is 0 Å². The molecule has 9 heteroatoms. The summed E-state index contributed by atoms with van der Waals surface area (Å²) in [5.41, 5.74) is 0.576. The van der Waals surface area contributed by atoms with Gasteiger partial charge in [-0.1, -0.05) is 18.2 Å². The van der Waals surface area contributed by atoms with Crippen molar-refractivity contribution in [3.05, 3.63) is 53.8 Å². The minimum atomic E-state index is -4.91. The number of ether oxygens (including phenoxy) is 1. The summed E-state index contributed by atoms with van der Waals surface area (Å²) in [4.78, 5) is 25.9. The fourth-order valence-electron chi connectivity index (χ4n) is 2.97. The number of amides is 2. The van der Waals surface area contributed by atoms with Gasteiger partial charge in [-0.25, -0.2) is 4.39 Å². The summed E-state index contributed by atoms with van der Waals surface area (Å²) in [5, 5.41) is 2.35. The maximum atomic E-state index is 14.1. The Hall–Kier alpha value is -3.10. The zero-order valence-corrected chi connectivity index (χ0v) is 14.7. The van der Waals surface area contributed by atoms with Crippen LogP contribution in [0.3, 0.4) is 0 Å². The highest BCUT2D eigenvalue weighted by atomic mass is 19.4. The lowest BCUT2D eigenvalue weighted by Crippen LogP contribution is -2.29. The van der Waals surface area contributed by atoms with E-state index in [-0.39, 0.29) is 24.3 Å². The number of nitrogens with one attached hydrogen (secondary N) is 1. The van der Waals surface area contributed by atoms with Crippen molar-refractivity contribution in [2.45, 2.75) is 19.7 Å². The molecule has 148 valence electrons. The molecule has 1 saturated heterocycles. The van der Waals surface area contributed by atoms with Crippen molar-refractivity contribution < 1.29 is 31.9 Å². The van der Waals surface area contributed by atoms with Crippen LogP contribution in [0.2, 0.25) is 0 Å². The molecule has 2 aromatic carbocycles. The van der Waals surface area contributed by atoms with Gasteiger partial charge in [-0.05, 0) is 36.8 Å². The van der Waals surface area contributed by atoms with Gasteiger partial charge in [0.1, 0.15) is 5.82 Å². The molecule has 0 radical (unpaired) electrons. The Bertz CT molecular complexity index is 914. The van der Waals surface area contributed by atoms with Crippen molar-refractivity contribution in [3.8, 4) is 5.75 Å². The molecule has 1 atom stereocenters. The molecule has 2 amide bonds. The summed E-state index contributed by atoms with van der Waals surface area (Å²) < 4.78 is 55.5. The number of anilines is 2. The number of hydrogen-bond donors (Lipinski definition) is 1. The summed E-state index contributed by atoms with van der Waals surface area (Å²) in [6.07, 6.45) is -5.09. The number of rotatable bonds is 4. The van der Waals surface area contributed by atoms with E-state index < -0.39 is 35.7 Å². The van der Waals surface area contributed by atoms with Crippen LogP contribution in [0.15, 0.2) is 42.5 Å². The van der Waals surface area contributed by atoms with Crippen molar-refractivity contribution in [2.24, 2.45) is 5.92 Å². The number of alkyl halides is 3. The van der Waals surface area contributed by atoms with Crippen LogP contribution in [0.1, 0.15) is 12.0 Å². The average Bonchev–Trinajstić information content (AvgIpc) is 2.97. The molecule has 3 rings (SSSR count). The monoisotopic (exact) mass is 396 g/mol. The molecule has 5 nitrogen and oxygen atoms in total. The molecule has 1 fully saturated rings. The van der Waals surface area contributed by atoms with E-state index in [1.54, 1.807) is 13.0 Å². The van der Waals surface area contributed by atoms with E-state index >= 15 is 0 Å². The number of benzene rings is 2. The first-order valence-corrected chi connectivity index (χ1v) is 8.36. The average molecular weight is 396 g/mol. The second kappa shape index (κ2) is 7.49. The Kier molecular flexibility index (Phi) is 5.26. The Morgan fingerprint density at radius 1 is 1.21 bits per heavy atom. The Labute approximate surface area is 157 Å². The predicted octanol–water partition coefficient (Wildman–Crippen LogP) is 4.02. The highest BCUT2D eigenvalue weighted by molar-refractivity contribution is 6.04. The molecule has 28 heavy (non-hydrogen) atoms. The predicted molar refractivity (Wildman–Crippen MR) is 93.4 cm³/mol. The van der Waals surface area contributed by atoms with E-state index in [4.69, 9.17) is 0 Å². The maximum absolute atomic E-state index is 14.1. The number of para-hydroxylation sites is 2. The quantitative estimate of drug-likeness (QED) is 0.794. The number of aryl methyl sites for hydroxylation is 1. The molecule has 0 bridgehead atoms. The molecule has 2 aromatic rings. The van der Waals surface area contributed by atoms with E-state index in [9.17, 15) is 27.2 Å². The lowest BCUT2D eigenvalue weighted by molar-refractivity contribution is -0.274. The fourth-order valence-corrected chi connectivity index (χ4v) is 2.97. The standard InChI is InChI=1S/C19H16F4N2O3/c1-11-6-7-15(13(20)8-11)25-10-12(9-17(25)26)18(27)24-14-4-2-3-5-16(14)28-19(21,22)23/h2-8,12H,9-10H2,1H3,(H,24,27). The molecule has 0 saturated carbocycles. The van der Waals surface area contributed by atoms with Crippen LogP contribution in [0.25, 0.3) is 0 Å². The SMILES string of the molecule is Cc1ccc(N2CC(C(=O)Nc3ccccc3OC(F)(F)F)CC2=O)c(F)c1. The van der Waals surface area contributed by atoms with Crippen LogP contribution < -0.4 is 15.0 Å². The van der Waals surface area contributed by atoms with Crippen molar-refractivity contribution in [2.75, 3.05) is 16.8 Å². The Balaban J connectivity index is 1.74. The lowest BCUT2D eigenvalue weighted by Gasteiger charge is -2.18. The van der Waals surface area contributed by atoms with Crippen molar-refractivity contribution in [3.63, 3.8) is 0 Å². The van der Waals surface area contributed by atoms with Gasteiger partial charge in [0.25, 0.3) is 0 Å². The van der Waals surface area contributed by atoms with Crippen LogP contribution in [-0.2, 0) is 9.59 Å². The van der Waals surface area contributed by atoms with Crippen LogP contribution in [0.4, 0.5) is 28.9 Å². The topological polar surface area (TPSA) is 58.6 Å². The third-order valence-electron chi connectivity index (χ3n) is 4.26. The molecular weight excluding hydrogens is 380 g/mol. The van der Waals surface area contributed by atoms with E-state index in [1.807, 2.05) is 0 Å². The van der Waals surface area contributed by atoms with Gasteiger partial charge in [-0.3, -0.25) is 9.59 Å². The fraction of sp³-hybridized carbons (Fsp3) is 0.263. The number of nitrogens with zero attached hydrogens (tertiary/aromatic N) is 1. The lowest BCUT2D eigenvalue weighted by atomic mass is 10.1.